The Balaban J connectivity index is 2.25. The van der Waals surface area contributed by atoms with Crippen molar-refractivity contribution in [3.8, 4) is 11.5 Å². The first-order valence-electron chi connectivity index (χ1n) is 5.17. The number of aryl methyl sites for hydroxylation is 1. The van der Waals surface area contributed by atoms with Gasteiger partial charge in [0.2, 0.25) is 0 Å². The molecular formula is C13H15NO2. The first kappa shape index (κ1) is 10.6. The van der Waals surface area contributed by atoms with Crippen LogP contribution in [0.5, 0.6) is 11.5 Å². The zero-order valence-electron chi connectivity index (χ0n) is 9.47. The van der Waals surface area contributed by atoms with E-state index in [1.165, 1.54) is 5.69 Å². The molecule has 0 fully saturated rings. The van der Waals surface area contributed by atoms with Gasteiger partial charge in [0.15, 0.2) is 11.5 Å². The maximum atomic E-state index is 9.49. The van der Waals surface area contributed by atoms with Crippen molar-refractivity contribution in [1.29, 1.82) is 0 Å². The first-order valence-corrected chi connectivity index (χ1v) is 5.17. The number of nitrogens with zero attached hydrogens (tertiary/aromatic N) is 1. The van der Waals surface area contributed by atoms with Gasteiger partial charge in [0.1, 0.15) is 0 Å². The Morgan fingerprint density at radius 2 is 2.12 bits per heavy atom. The van der Waals surface area contributed by atoms with Crippen LogP contribution in [0.25, 0.3) is 0 Å². The minimum absolute atomic E-state index is 0.179. The molecule has 0 spiro atoms. The van der Waals surface area contributed by atoms with Gasteiger partial charge in [0, 0.05) is 25.4 Å². The van der Waals surface area contributed by atoms with Crippen molar-refractivity contribution in [2.45, 2.75) is 6.42 Å². The fourth-order valence-electron chi connectivity index (χ4n) is 1.72. The number of ether oxygens (including phenoxy) is 1. The Labute approximate surface area is 94.9 Å². The maximum absolute atomic E-state index is 9.49. The molecule has 0 bridgehead atoms. The van der Waals surface area contributed by atoms with Gasteiger partial charge in [-0.1, -0.05) is 6.07 Å². The summed E-state index contributed by atoms with van der Waals surface area (Å²) in [5.74, 6) is 0.699. The van der Waals surface area contributed by atoms with Gasteiger partial charge in [0.25, 0.3) is 0 Å². The van der Waals surface area contributed by atoms with E-state index < -0.39 is 0 Å². The minimum Gasteiger partial charge on any atom is -0.504 e. The molecule has 84 valence electrons. The van der Waals surface area contributed by atoms with Crippen LogP contribution in [0.4, 0.5) is 0 Å². The fraction of sp³-hybridized carbons (Fsp3) is 0.231. The Bertz CT molecular complexity index is 488. The van der Waals surface area contributed by atoms with E-state index in [9.17, 15) is 5.11 Å². The molecule has 0 radical (unpaired) electrons. The van der Waals surface area contributed by atoms with Gasteiger partial charge in [0.05, 0.1) is 7.11 Å². The molecule has 0 saturated carbocycles. The summed E-state index contributed by atoms with van der Waals surface area (Å²) in [6, 6.07) is 9.54. The lowest BCUT2D eigenvalue weighted by molar-refractivity contribution is 0.373. The summed E-state index contributed by atoms with van der Waals surface area (Å²) in [5, 5.41) is 9.49. The van der Waals surface area contributed by atoms with E-state index in [1.807, 2.05) is 31.4 Å². The highest BCUT2D eigenvalue weighted by atomic mass is 16.5. The van der Waals surface area contributed by atoms with Crippen LogP contribution in [0.3, 0.4) is 0 Å². The molecule has 0 aliphatic carbocycles. The molecule has 1 N–H and O–H groups in total. The summed E-state index contributed by atoms with van der Waals surface area (Å²) in [7, 11) is 3.58. The van der Waals surface area contributed by atoms with E-state index in [2.05, 4.69) is 10.6 Å². The Kier molecular flexibility index (Phi) is 2.86. The second-order valence-electron chi connectivity index (χ2n) is 3.79. The number of hydrogen-bond acceptors (Lipinski definition) is 2. The molecule has 0 aliphatic rings. The SMILES string of the molecule is COc1cc(Cc2cccn2C)ccc1O. The van der Waals surface area contributed by atoms with Gasteiger partial charge in [-0.25, -0.2) is 0 Å². The van der Waals surface area contributed by atoms with E-state index in [1.54, 1.807) is 13.2 Å². The van der Waals surface area contributed by atoms with Crippen LogP contribution in [0, 0.1) is 0 Å². The Hall–Kier alpha value is -1.90. The fourth-order valence-corrected chi connectivity index (χ4v) is 1.72. The quantitative estimate of drug-likeness (QED) is 0.856. The molecule has 3 nitrogen and oxygen atoms in total. The first-order chi connectivity index (χ1) is 7.70. The average molecular weight is 217 g/mol. The van der Waals surface area contributed by atoms with E-state index in [0.717, 1.165) is 12.0 Å². The van der Waals surface area contributed by atoms with E-state index in [0.29, 0.717) is 5.75 Å². The van der Waals surface area contributed by atoms with Crippen molar-refractivity contribution in [2.24, 2.45) is 7.05 Å². The lowest BCUT2D eigenvalue weighted by atomic mass is 10.1. The predicted octanol–water partition coefficient (Wildman–Crippen LogP) is 2.33. The van der Waals surface area contributed by atoms with Gasteiger partial charge >= 0.3 is 0 Å². The van der Waals surface area contributed by atoms with Crippen molar-refractivity contribution >= 4 is 0 Å². The van der Waals surface area contributed by atoms with Crippen molar-refractivity contribution in [3.05, 3.63) is 47.8 Å². The molecular weight excluding hydrogens is 202 g/mol. The number of benzene rings is 1. The van der Waals surface area contributed by atoms with Crippen LogP contribution in [0.15, 0.2) is 36.5 Å². The third kappa shape index (κ3) is 2.03. The second-order valence-corrected chi connectivity index (χ2v) is 3.79. The number of methoxy groups -OCH3 is 1. The predicted molar refractivity (Wildman–Crippen MR) is 62.9 cm³/mol. The summed E-state index contributed by atoms with van der Waals surface area (Å²) < 4.78 is 7.16. The van der Waals surface area contributed by atoms with Crippen LogP contribution < -0.4 is 4.74 Å². The van der Waals surface area contributed by atoms with E-state index >= 15 is 0 Å². The number of aromatic hydroxyl groups is 1. The molecule has 3 heteroatoms. The van der Waals surface area contributed by atoms with Crippen LogP contribution in [-0.4, -0.2) is 16.8 Å². The number of aromatic nitrogens is 1. The van der Waals surface area contributed by atoms with Crippen molar-refractivity contribution in [3.63, 3.8) is 0 Å². The molecule has 0 amide bonds. The van der Waals surface area contributed by atoms with Crippen LogP contribution >= 0.6 is 0 Å². The summed E-state index contributed by atoms with van der Waals surface area (Å²) in [4.78, 5) is 0. The van der Waals surface area contributed by atoms with Crippen molar-refractivity contribution < 1.29 is 9.84 Å². The largest absolute Gasteiger partial charge is 0.504 e. The summed E-state index contributed by atoms with van der Waals surface area (Å²) in [6.07, 6.45) is 2.85. The Morgan fingerprint density at radius 1 is 1.31 bits per heavy atom. The zero-order valence-corrected chi connectivity index (χ0v) is 9.47. The third-order valence-corrected chi connectivity index (χ3v) is 2.68. The molecule has 1 heterocycles. The van der Waals surface area contributed by atoms with E-state index in [-0.39, 0.29) is 5.75 Å². The molecule has 16 heavy (non-hydrogen) atoms. The van der Waals surface area contributed by atoms with Gasteiger partial charge in [-0.3, -0.25) is 0 Å². The van der Waals surface area contributed by atoms with Gasteiger partial charge in [-0.05, 0) is 29.8 Å². The van der Waals surface area contributed by atoms with Crippen LogP contribution in [0.2, 0.25) is 0 Å². The van der Waals surface area contributed by atoms with Gasteiger partial charge in [-0.2, -0.15) is 0 Å². The molecule has 2 rings (SSSR count). The monoisotopic (exact) mass is 217 g/mol. The maximum Gasteiger partial charge on any atom is 0.160 e. The third-order valence-electron chi connectivity index (χ3n) is 2.68. The molecule has 1 aromatic heterocycles. The van der Waals surface area contributed by atoms with Gasteiger partial charge < -0.3 is 14.4 Å². The van der Waals surface area contributed by atoms with Crippen LogP contribution in [-0.2, 0) is 13.5 Å². The summed E-state index contributed by atoms with van der Waals surface area (Å²) >= 11 is 0. The lowest BCUT2D eigenvalue weighted by Gasteiger charge is -2.07. The summed E-state index contributed by atoms with van der Waals surface area (Å²) in [5.41, 5.74) is 2.35. The average Bonchev–Trinajstić information content (AvgIpc) is 2.67. The molecule has 0 saturated heterocycles. The second kappa shape index (κ2) is 4.31. The lowest BCUT2D eigenvalue weighted by Crippen LogP contribution is -1.96. The minimum atomic E-state index is 0.179. The van der Waals surface area contributed by atoms with Crippen molar-refractivity contribution in [1.82, 2.24) is 4.57 Å². The smallest absolute Gasteiger partial charge is 0.160 e. The van der Waals surface area contributed by atoms with Crippen molar-refractivity contribution in [2.75, 3.05) is 7.11 Å². The van der Waals surface area contributed by atoms with Crippen LogP contribution in [0.1, 0.15) is 11.3 Å². The number of rotatable bonds is 3. The topological polar surface area (TPSA) is 34.4 Å². The molecule has 1 aromatic carbocycles. The number of phenols is 1. The number of hydrogen-bond donors (Lipinski definition) is 1. The zero-order chi connectivity index (χ0) is 11.5. The Morgan fingerprint density at radius 3 is 2.75 bits per heavy atom. The molecule has 0 aliphatic heterocycles. The molecule has 2 aromatic rings. The summed E-state index contributed by atoms with van der Waals surface area (Å²) in [6.45, 7) is 0. The highest BCUT2D eigenvalue weighted by Crippen LogP contribution is 2.27. The normalized spacial score (nSPS) is 10.4. The van der Waals surface area contributed by atoms with E-state index in [4.69, 9.17) is 4.74 Å². The highest BCUT2D eigenvalue weighted by Gasteiger charge is 2.04. The molecule has 0 atom stereocenters. The highest BCUT2D eigenvalue weighted by molar-refractivity contribution is 5.42. The standard InChI is InChI=1S/C13H15NO2/c1-14-7-3-4-11(14)8-10-5-6-12(15)13(9-10)16-2/h3-7,9,15H,8H2,1-2H3. The van der Waals surface area contributed by atoms with Gasteiger partial charge in [-0.15, -0.1) is 0 Å². The molecule has 0 unspecified atom stereocenters. The number of phenolic OH excluding ortho intramolecular Hbond substituents is 1.